The quantitative estimate of drug-likeness (QED) is 0.729. The van der Waals surface area contributed by atoms with Crippen LogP contribution in [0.15, 0.2) is 0 Å². The van der Waals surface area contributed by atoms with Crippen molar-refractivity contribution in [2.24, 2.45) is 44.8 Å². The Morgan fingerprint density at radius 1 is 0.929 bits per heavy atom. The summed E-state index contributed by atoms with van der Waals surface area (Å²) >= 11 is 0. The van der Waals surface area contributed by atoms with Gasteiger partial charge in [0.05, 0.1) is 6.10 Å². The van der Waals surface area contributed by atoms with Crippen molar-refractivity contribution in [1.82, 2.24) is 5.32 Å². The van der Waals surface area contributed by atoms with Gasteiger partial charge in [-0.2, -0.15) is 0 Å². The number of aliphatic hydroxyl groups excluding tert-OH is 1. The lowest BCUT2D eigenvalue weighted by Crippen LogP contribution is -2.59. The molecule has 5 rings (SSSR count). The third kappa shape index (κ3) is 1.89. The summed E-state index contributed by atoms with van der Waals surface area (Å²) in [5.41, 5.74) is 1.48. The Labute approximate surface area is 171 Å². The Kier molecular flexibility index (Phi) is 3.80. The average Bonchev–Trinajstić information content (AvgIpc) is 3.19. The lowest BCUT2D eigenvalue weighted by atomic mass is 9.42. The van der Waals surface area contributed by atoms with Gasteiger partial charge in [-0.05, 0) is 104 Å². The topological polar surface area (TPSA) is 49.3 Å². The van der Waals surface area contributed by atoms with Gasteiger partial charge in [0.1, 0.15) is 5.78 Å². The van der Waals surface area contributed by atoms with Crippen molar-refractivity contribution in [3.05, 3.63) is 0 Å². The molecule has 9 atom stereocenters. The predicted molar refractivity (Wildman–Crippen MR) is 112 cm³/mol. The number of Topliss-reactive ketones (excluding diaryl/α,β-unsaturated/α-hetero) is 1. The first-order valence-corrected chi connectivity index (χ1v) is 11.9. The molecule has 2 spiro atoms. The maximum Gasteiger partial charge on any atom is 0.136 e. The molecule has 5 fully saturated rings. The molecule has 0 aromatic heterocycles. The fourth-order valence-electron chi connectivity index (χ4n) is 10.7. The number of hydrogen-bond donors (Lipinski definition) is 2. The monoisotopic (exact) mass is 387 g/mol. The van der Waals surface area contributed by atoms with Crippen molar-refractivity contribution in [3.63, 3.8) is 0 Å². The number of carbonyl (C=O) groups is 1. The number of fused-ring (bicyclic) bond motifs is 2. The second kappa shape index (κ2) is 5.44. The van der Waals surface area contributed by atoms with Crippen LogP contribution in [-0.2, 0) is 4.79 Å². The van der Waals surface area contributed by atoms with Crippen molar-refractivity contribution < 1.29 is 9.90 Å². The molecule has 0 amide bonds. The summed E-state index contributed by atoms with van der Waals surface area (Å²) in [5, 5.41) is 14.6. The van der Waals surface area contributed by atoms with Gasteiger partial charge in [-0.3, -0.25) is 4.79 Å². The fraction of sp³-hybridized carbons (Fsp3) is 0.960. The van der Waals surface area contributed by atoms with Gasteiger partial charge in [0.2, 0.25) is 0 Å². The second-order valence-electron chi connectivity index (χ2n) is 12.6. The van der Waals surface area contributed by atoms with Gasteiger partial charge in [-0.25, -0.2) is 0 Å². The Hall–Kier alpha value is -0.410. The smallest absolute Gasteiger partial charge is 0.136 e. The summed E-state index contributed by atoms with van der Waals surface area (Å²) in [7, 11) is 2.15. The van der Waals surface area contributed by atoms with Crippen molar-refractivity contribution >= 4 is 5.78 Å². The number of carbonyl (C=O) groups excluding carboxylic acids is 1. The number of rotatable bonds is 2. The lowest BCUT2D eigenvalue weighted by molar-refractivity contribution is -0.151. The number of ketones is 1. The van der Waals surface area contributed by atoms with E-state index >= 15 is 0 Å². The van der Waals surface area contributed by atoms with Crippen molar-refractivity contribution in [2.75, 3.05) is 7.05 Å². The molecule has 3 heteroatoms. The zero-order valence-electron chi connectivity index (χ0n) is 18.9. The normalized spacial score (nSPS) is 58.9. The summed E-state index contributed by atoms with van der Waals surface area (Å²) < 4.78 is 0. The first-order chi connectivity index (χ1) is 13.0. The van der Waals surface area contributed by atoms with Crippen molar-refractivity contribution in [3.8, 4) is 0 Å². The van der Waals surface area contributed by atoms with Crippen molar-refractivity contribution in [1.29, 1.82) is 0 Å². The highest BCUT2D eigenvalue weighted by Crippen LogP contribution is 2.88. The highest BCUT2D eigenvalue weighted by atomic mass is 16.3. The minimum atomic E-state index is -0.438. The van der Waals surface area contributed by atoms with Gasteiger partial charge in [0, 0.05) is 12.0 Å². The van der Waals surface area contributed by atoms with E-state index in [9.17, 15) is 9.90 Å². The first kappa shape index (κ1) is 19.5. The second-order valence-corrected chi connectivity index (χ2v) is 12.6. The summed E-state index contributed by atoms with van der Waals surface area (Å²) in [6.45, 7) is 11.6. The van der Waals surface area contributed by atoms with Gasteiger partial charge < -0.3 is 10.4 Å². The average molecular weight is 388 g/mol. The standard InChI is InChI=1S/C25H41NO2/c1-15(27)20-16(28)13-23(5)18-8-7-17-21(2,3)19(26-6)9-10-24(17)14-25(18,24)12-11-22(20,23)4/h16-20,26,28H,7-14H2,1-6H3/t16-,17+,18+,19+,20+,22-,23+,24-,25+/m1/s1. The lowest BCUT2D eigenvalue weighted by Gasteiger charge is -2.63. The fourth-order valence-corrected chi connectivity index (χ4v) is 10.7. The summed E-state index contributed by atoms with van der Waals surface area (Å²) in [5.74, 6) is 1.57. The minimum Gasteiger partial charge on any atom is -0.392 e. The van der Waals surface area contributed by atoms with Crippen LogP contribution in [0.3, 0.4) is 0 Å². The van der Waals surface area contributed by atoms with Crippen LogP contribution in [0.4, 0.5) is 0 Å². The molecule has 5 aliphatic carbocycles. The van der Waals surface area contributed by atoms with Crippen LogP contribution in [0.25, 0.3) is 0 Å². The van der Waals surface area contributed by atoms with E-state index in [0.717, 1.165) is 18.8 Å². The molecule has 0 radical (unpaired) electrons. The van der Waals surface area contributed by atoms with Crippen LogP contribution in [-0.4, -0.2) is 30.1 Å². The number of nitrogens with one attached hydrogen (secondary N) is 1. The van der Waals surface area contributed by atoms with Gasteiger partial charge in [0.25, 0.3) is 0 Å². The summed E-state index contributed by atoms with van der Waals surface area (Å²) in [4.78, 5) is 12.5. The summed E-state index contributed by atoms with van der Waals surface area (Å²) in [6.07, 6.45) is 9.57. The van der Waals surface area contributed by atoms with Crippen LogP contribution in [0.5, 0.6) is 0 Å². The van der Waals surface area contributed by atoms with Crippen molar-refractivity contribution in [2.45, 2.75) is 98.1 Å². The molecule has 0 unspecified atom stereocenters. The number of aliphatic hydroxyl groups is 1. The van der Waals surface area contributed by atoms with Crippen LogP contribution in [0.2, 0.25) is 0 Å². The molecule has 0 aromatic rings. The van der Waals surface area contributed by atoms with Crippen LogP contribution in [0, 0.1) is 44.8 Å². The Morgan fingerprint density at radius 3 is 2.21 bits per heavy atom. The molecule has 2 N–H and O–H groups in total. The first-order valence-electron chi connectivity index (χ1n) is 11.9. The maximum atomic E-state index is 12.5. The molecule has 0 heterocycles. The molecular weight excluding hydrogens is 346 g/mol. The molecular formula is C25H41NO2. The van der Waals surface area contributed by atoms with E-state index in [2.05, 4.69) is 40.1 Å². The van der Waals surface area contributed by atoms with Crippen LogP contribution in [0.1, 0.15) is 86.0 Å². The third-order valence-electron chi connectivity index (χ3n) is 11.9. The Balaban J connectivity index is 1.54. The Bertz CT molecular complexity index is 717. The third-order valence-corrected chi connectivity index (χ3v) is 11.9. The van der Waals surface area contributed by atoms with Crippen LogP contribution >= 0.6 is 0 Å². The van der Waals surface area contributed by atoms with E-state index in [1.165, 1.54) is 38.5 Å². The van der Waals surface area contributed by atoms with E-state index in [-0.39, 0.29) is 22.5 Å². The van der Waals surface area contributed by atoms with Gasteiger partial charge in [0.15, 0.2) is 0 Å². The largest absolute Gasteiger partial charge is 0.392 e. The maximum absolute atomic E-state index is 12.5. The molecule has 3 nitrogen and oxygen atoms in total. The molecule has 0 bridgehead atoms. The van der Waals surface area contributed by atoms with E-state index in [0.29, 0.717) is 28.2 Å². The number of hydrogen-bond acceptors (Lipinski definition) is 3. The Morgan fingerprint density at radius 2 is 1.57 bits per heavy atom. The van der Waals surface area contributed by atoms with E-state index in [1.54, 1.807) is 6.92 Å². The van der Waals surface area contributed by atoms with E-state index in [1.807, 2.05) is 0 Å². The molecule has 0 aromatic carbocycles. The van der Waals surface area contributed by atoms with E-state index in [4.69, 9.17) is 0 Å². The summed E-state index contributed by atoms with van der Waals surface area (Å²) in [6, 6.07) is 0.636. The minimum absolute atomic E-state index is 0.0253. The SMILES string of the molecule is CN[C@H]1CC[C@]23C[C@]24CC[C@]2(C)[C@@H](C(C)=O)[C@H](O)C[C@@]2(C)[C@@H]4CC[C@H]3C1(C)C. The van der Waals surface area contributed by atoms with Gasteiger partial charge >= 0.3 is 0 Å². The van der Waals surface area contributed by atoms with Gasteiger partial charge in [-0.1, -0.05) is 27.7 Å². The van der Waals surface area contributed by atoms with Crippen LogP contribution < -0.4 is 5.32 Å². The zero-order valence-corrected chi connectivity index (χ0v) is 18.9. The molecule has 5 aliphatic rings. The molecule has 5 saturated carbocycles. The highest BCUT2D eigenvalue weighted by Gasteiger charge is 2.82. The van der Waals surface area contributed by atoms with E-state index < -0.39 is 6.10 Å². The molecule has 28 heavy (non-hydrogen) atoms. The molecule has 0 aliphatic heterocycles. The molecule has 158 valence electrons. The predicted octanol–water partition coefficient (Wildman–Crippen LogP) is 4.57. The molecule has 0 saturated heterocycles. The highest BCUT2D eigenvalue weighted by molar-refractivity contribution is 5.80. The zero-order chi connectivity index (χ0) is 20.3. The van der Waals surface area contributed by atoms with Gasteiger partial charge in [-0.15, -0.1) is 0 Å².